The molecule has 0 aliphatic carbocycles. The molecule has 8 nitrogen and oxygen atoms in total. The van der Waals surface area contributed by atoms with Gasteiger partial charge in [-0.1, -0.05) is 36.4 Å². The Kier molecular flexibility index (Phi) is 7.45. The van der Waals surface area contributed by atoms with Crippen molar-refractivity contribution in [3.63, 3.8) is 0 Å². The van der Waals surface area contributed by atoms with Crippen LogP contribution in [0.25, 0.3) is 10.8 Å². The number of carboxylic acids is 1. The number of hydrazone groups is 1. The SMILES string of the molecule is COc1cc(/C=N\NC(=O)c2cc3ccccc3cc2OC)ccc1OCc1ccc(C(=O)O)cc1. The van der Waals surface area contributed by atoms with Gasteiger partial charge in [-0.3, -0.25) is 4.79 Å². The number of fused-ring (bicyclic) bond motifs is 1. The number of carboxylic acid groups (broad SMARTS) is 1. The van der Waals surface area contributed by atoms with Gasteiger partial charge in [0.15, 0.2) is 11.5 Å². The number of benzene rings is 4. The van der Waals surface area contributed by atoms with Crippen molar-refractivity contribution in [2.45, 2.75) is 6.61 Å². The van der Waals surface area contributed by atoms with Crippen molar-refractivity contribution in [3.05, 3.63) is 101 Å². The lowest BCUT2D eigenvalue weighted by atomic mass is 10.1. The quantitative estimate of drug-likeness (QED) is 0.259. The number of carbonyl (C=O) groups is 2. The van der Waals surface area contributed by atoms with Gasteiger partial charge in [0.05, 0.1) is 31.6 Å². The normalized spacial score (nSPS) is 10.8. The Morgan fingerprint density at radius 2 is 1.56 bits per heavy atom. The van der Waals surface area contributed by atoms with Crippen LogP contribution in [0.5, 0.6) is 17.2 Å². The lowest BCUT2D eigenvalue weighted by molar-refractivity contribution is 0.0696. The fraction of sp³-hybridized carbons (Fsp3) is 0.107. The van der Waals surface area contributed by atoms with Gasteiger partial charge in [-0.05, 0) is 64.4 Å². The molecule has 0 bridgehead atoms. The van der Waals surface area contributed by atoms with Crippen LogP contribution in [0.3, 0.4) is 0 Å². The van der Waals surface area contributed by atoms with Crippen LogP contribution in [0.4, 0.5) is 0 Å². The Balaban J connectivity index is 1.42. The molecule has 0 radical (unpaired) electrons. The van der Waals surface area contributed by atoms with E-state index in [0.717, 1.165) is 16.3 Å². The molecule has 2 N–H and O–H groups in total. The third-order valence-electron chi connectivity index (χ3n) is 5.48. The zero-order valence-electron chi connectivity index (χ0n) is 19.7. The average Bonchev–Trinajstić information content (AvgIpc) is 2.91. The molecule has 4 rings (SSSR count). The molecule has 0 atom stereocenters. The van der Waals surface area contributed by atoms with E-state index in [4.69, 9.17) is 19.3 Å². The Labute approximate surface area is 207 Å². The zero-order chi connectivity index (χ0) is 25.5. The topological polar surface area (TPSA) is 106 Å². The molecule has 0 saturated heterocycles. The lowest BCUT2D eigenvalue weighted by Crippen LogP contribution is -2.18. The first kappa shape index (κ1) is 24.3. The molecule has 4 aromatic carbocycles. The number of ether oxygens (including phenoxy) is 3. The zero-order valence-corrected chi connectivity index (χ0v) is 19.7. The number of nitrogens with zero attached hydrogens (tertiary/aromatic N) is 1. The molecular weight excluding hydrogens is 460 g/mol. The maximum Gasteiger partial charge on any atom is 0.335 e. The summed E-state index contributed by atoms with van der Waals surface area (Å²) in [7, 11) is 3.05. The standard InChI is InChI=1S/C28H24N2O6/c1-34-25-15-22-6-4-3-5-21(22)14-23(25)27(31)30-29-16-19-9-12-24(26(13-19)35-2)36-17-18-7-10-20(11-8-18)28(32)33/h3-16H,17H2,1-2H3,(H,30,31)(H,32,33)/b29-16-. The van der Waals surface area contributed by atoms with Crippen LogP contribution in [0, 0.1) is 0 Å². The van der Waals surface area contributed by atoms with E-state index in [1.807, 2.05) is 30.3 Å². The molecule has 1 amide bonds. The fourth-order valence-electron chi connectivity index (χ4n) is 3.58. The highest BCUT2D eigenvalue weighted by atomic mass is 16.5. The highest BCUT2D eigenvalue weighted by Gasteiger charge is 2.13. The Hall–Kier alpha value is -4.85. The number of hydrogen-bond donors (Lipinski definition) is 2. The minimum atomic E-state index is -0.978. The molecule has 0 fully saturated rings. The van der Waals surface area contributed by atoms with Crippen molar-refractivity contribution >= 4 is 28.9 Å². The monoisotopic (exact) mass is 484 g/mol. The van der Waals surface area contributed by atoms with E-state index in [0.29, 0.717) is 28.4 Å². The molecule has 36 heavy (non-hydrogen) atoms. The summed E-state index contributed by atoms with van der Waals surface area (Å²) in [5.41, 5.74) is 4.64. The molecule has 8 heteroatoms. The molecule has 0 spiro atoms. The molecule has 0 aliphatic rings. The second kappa shape index (κ2) is 11.1. The molecule has 0 unspecified atom stereocenters. The molecular formula is C28H24N2O6. The van der Waals surface area contributed by atoms with E-state index < -0.39 is 11.9 Å². The van der Waals surface area contributed by atoms with Crippen molar-refractivity contribution in [3.8, 4) is 17.2 Å². The summed E-state index contributed by atoms with van der Waals surface area (Å²) >= 11 is 0. The summed E-state index contributed by atoms with van der Waals surface area (Å²) in [6, 6.07) is 23.0. The second-order valence-corrected chi connectivity index (χ2v) is 7.80. The molecule has 0 saturated carbocycles. The van der Waals surface area contributed by atoms with Gasteiger partial charge < -0.3 is 19.3 Å². The van der Waals surface area contributed by atoms with E-state index in [1.165, 1.54) is 32.6 Å². The van der Waals surface area contributed by atoms with Crippen LogP contribution in [0.15, 0.2) is 84.0 Å². The van der Waals surface area contributed by atoms with Gasteiger partial charge in [-0.15, -0.1) is 0 Å². The molecule has 182 valence electrons. The van der Waals surface area contributed by atoms with Gasteiger partial charge in [0.1, 0.15) is 12.4 Å². The number of methoxy groups -OCH3 is 2. The van der Waals surface area contributed by atoms with Crippen molar-refractivity contribution in [2.24, 2.45) is 5.10 Å². The van der Waals surface area contributed by atoms with Crippen LogP contribution in [0.1, 0.15) is 31.8 Å². The minimum absolute atomic E-state index is 0.214. The van der Waals surface area contributed by atoms with E-state index in [1.54, 1.807) is 36.4 Å². The van der Waals surface area contributed by atoms with E-state index in [-0.39, 0.29) is 12.2 Å². The number of aromatic carboxylic acids is 1. The molecule has 4 aromatic rings. The smallest absolute Gasteiger partial charge is 0.335 e. The summed E-state index contributed by atoms with van der Waals surface area (Å²) in [5, 5.41) is 15.0. The summed E-state index contributed by atoms with van der Waals surface area (Å²) in [6.45, 7) is 0.243. The molecule has 0 aliphatic heterocycles. The highest BCUT2D eigenvalue weighted by Crippen LogP contribution is 2.29. The predicted molar refractivity (Wildman–Crippen MR) is 136 cm³/mol. The Bertz CT molecular complexity index is 1430. The van der Waals surface area contributed by atoms with Gasteiger partial charge in [-0.25, -0.2) is 10.2 Å². The minimum Gasteiger partial charge on any atom is -0.496 e. The second-order valence-electron chi connectivity index (χ2n) is 7.80. The van der Waals surface area contributed by atoms with Crippen LogP contribution >= 0.6 is 0 Å². The lowest BCUT2D eigenvalue weighted by Gasteiger charge is -2.11. The first-order chi connectivity index (χ1) is 17.5. The number of hydrogen-bond acceptors (Lipinski definition) is 6. The third-order valence-corrected chi connectivity index (χ3v) is 5.48. The van der Waals surface area contributed by atoms with Crippen LogP contribution < -0.4 is 19.6 Å². The predicted octanol–water partition coefficient (Wildman–Crippen LogP) is 4.90. The van der Waals surface area contributed by atoms with Gasteiger partial charge in [-0.2, -0.15) is 5.10 Å². The van der Waals surface area contributed by atoms with Crippen LogP contribution in [-0.4, -0.2) is 37.4 Å². The van der Waals surface area contributed by atoms with Gasteiger partial charge >= 0.3 is 5.97 Å². The third kappa shape index (κ3) is 5.61. The Morgan fingerprint density at radius 1 is 0.861 bits per heavy atom. The maximum absolute atomic E-state index is 12.7. The number of rotatable bonds is 9. The first-order valence-electron chi connectivity index (χ1n) is 11.0. The van der Waals surface area contributed by atoms with Crippen molar-refractivity contribution < 1.29 is 28.9 Å². The number of nitrogens with one attached hydrogen (secondary N) is 1. The van der Waals surface area contributed by atoms with Crippen LogP contribution in [0.2, 0.25) is 0 Å². The molecule has 0 aromatic heterocycles. The summed E-state index contributed by atoms with van der Waals surface area (Å²) in [6.07, 6.45) is 1.50. The van der Waals surface area contributed by atoms with Crippen molar-refractivity contribution in [2.75, 3.05) is 14.2 Å². The van der Waals surface area contributed by atoms with Crippen molar-refractivity contribution in [1.29, 1.82) is 0 Å². The first-order valence-corrected chi connectivity index (χ1v) is 11.0. The maximum atomic E-state index is 12.7. The average molecular weight is 485 g/mol. The largest absolute Gasteiger partial charge is 0.496 e. The summed E-state index contributed by atoms with van der Waals surface area (Å²) in [5.74, 6) is 0.0939. The summed E-state index contributed by atoms with van der Waals surface area (Å²) in [4.78, 5) is 23.7. The highest BCUT2D eigenvalue weighted by molar-refractivity contribution is 6.02. The molecule has 0 heterocycles. The van der Waals surface area contributed by atoms with Crippen molar-refractivity contribution in [1.82, 2.24) is 5.43 Å². The summed E-state index contributed by atoms with van der Waals surface area (Å²) < 4.78 is 16.6. The van der Waals surface area contributed by atoms with E-state index in [2.05, 4.69) is 10.5 Å². The van der Waals surface area contributed by atoms with E-state index >= 15 is 0 Å². The number of carbonyl (C=O) groups excluding carboxylic acids is 1. The van der Waals surface area contributed by atoms with E-state index in [9.17, 15) is 9.59 Å². The number of amides is 1. The van der Waals surface area contributed by atoms with Gasteiger partial charge in [0, 0.05) is 0 Å². The fourth-order valence-corrected chi connectivity index (χ4v) is 3.58. The Morgan fingerprint density at radius 3 is 2.22 bits per heavy atom. The van der Waals surface area contributed by atoms with Gasteiger partial charge in [0.2, 0.25) is 0 Å². The van der Waals surface area contributed by atoms with Gasteiger partial charge in [0.25, 0.3) is 5.91 Å². The van der Waals surface area contributed by atoms with Crippen LogP contribution in [-0.2, 0) is 6.61 Å².